The number of aromatic nitrogens is 3. The maximum Gasteiger partial charge on any atom is 0.227 e. The fourth-order valence-corrected chi connectivity index (χ4v) is 4.71. The third kappa shape index (κ3) is 3.01. The SMILES string of the molecule is CN(c1ncnc2[nH]ccc12)C1CC2(C1)CN(C(=O)Cc1ccc(C#N)cc1)C2. The fourth-order valence-electron chi connectivity index (χ4n) is 4.71. The summed E-state index contributed by atoms with van der Waals surface area (Å²) >= 11 is 0. The number of hydrogen-bond acceptors (Lipinski definition) is 5. The van der Waals surface area contributed by atoms with Crippen molar-refractivity contribution >= 4 is 22.8 Å². The lowest BCUT2D eigenvalue weighted by Crippen LogP contribution is -2.67. The van der Waals surface area contributed by atoms with Crippen LogP contribution in [-0.4, -0.2) is 51.9 Å². The number of H-pyrrole nitrogens is 1. The van der Waals surface area contributed by atoms with Crippen molar-refractivity contribution in [3.8, 4) is 6.07 Å². The van der Waals surface area contributed by atoms with Crippen LogP contribution < -0.4 is 4.90 Å². The summed E-state index contributed by atoms with van der Waals surface area (Å²) in [5, 5.41) is 9.92. The molecule has 7 heteroatoms. The van der Waals surface area contributed by atoms with Gasteiger partial charge >= 0.3 is 0 Å². The van der Waals surface area contributed by atoms with Crippen molar-refractivity contribution < 1.29 is 4.79 Å². The van der Waals surface area contributed by atoms with E-state index in [1.807, 2.05) is 29.3 Å². The Labute approximate surface area is 169 Å². The summed E-state index contributed by atoms with van der Waals surface area (Å²) in [6, 6.07) is 11.8. The number of fused-ring (bicyclic) bond motifs is 1. The summed E-state index contributed by atoms with van der Waals surface area (Å²) in [6.45, 7) is 1.69. The van der Waals surface area contributed by atoms with Crippen molar-refractivity contribution in [3.63, 3.8) is 0 Å². The second-order valence-corrected chi connectivity index (χ2v) is 8.35. The van der Waals surface area contributed by atoms with Crippen molar-refractivity contribution in [2.45, 2.75) is 25.3 Å². The highest BCUT2D eigenvalue weighted by molar-refractivity contribution is 5.87. The first-order chi connectivity index (χ1) is 14.1. The van der Waals surface area contributed by atoms with Gasteiger partial charge in [-0.15, -0.1) is 0 Å². The van der Waals surface area contributed by atoms with Gasteiger partial charge in [-0.25, -0.2) is 9.97 Å². The molecule has 1 saturated carbocycles. The van der Waals surface area contributed by atoms with Gasteiger partial charge < -0.3 is 14.8 Å². The topological polar surface area (TPSA) is 88.9 Å². The number of benzene rings is 1. The zero-order chi connectivity index (χ0) is 20.0. The number of carbonyl (C=O) groups is 1. The number of likely N-dealkylation sites (tertiary alicyclic amines) is 1. The predicted molar refractivity (Wildman–Crippen MR) is 109 cm³/mol. The summed E-state index contributed by atoms with van der Waals surface area (Å²) in [6.07, 6.45) is 6.06. The van der Waals surface area contributed by atoms with Crippen molar-refractivity contribution in [1.82, 2.24) is 19.9 Å². The Kier molecular flexibility index (Phi) is 4.02. The van der Waals surface area contributed by atoms with Gasteiger partial charge in [-0.3, -0.25) is 4.79 Å². The Morgan fingerprint density at radius 2 is 2.03 bits per heavy atom. The zero-order valence-corrected chi connectivity index (χ0v) is 16.3. The van der Waals surface area contributed by atoms with Crippen LogP contribution in [0.2, 0.25) is 0 Å². The Bertz CT molecular complexity index is 1100. The van der Waals surface area contributed by atoms with Crippen LogP contribution in [0.3, 0.4) is 0 Å². The first kappa shape index (κ1) is 17.7. The minimum Gasteiger partial charge on any atom is -0.356 e. The quantitative estimate of drug-likeness (QED) is 0.744. The molecule has 1 N–H and O–H groups in total. The number of anilines is 1. The maximum atomic E-state index is 12.6. The van der Waals surface area contributed by atoms with E-state index >= 15 is 0 Å². The highest BCUT2D eigenvalue weighted by atomic mass is 16.2. The highest BCUT2D eigenvalue weighted by Crippen LogP contribution is 2.50. The first-order valence-electron chi connectivity index (χ1n) is 9.85. The number of rotatable bonds is 4. The van der Waals surface area contributed by atoms with Gasteiger partial charge in [0.05, 0.1) is 23.4 Å². The third-order valence-corrected chi connectivity index (χ3v) is 6.40. The number of nitriles is 1. The van der Waals surface area contributed by atoms with Crippen LogP contribution in [0.25, 0.3) is 11.0 Å². The molecule has 1 aliphatic carbocycles. The number of amides is 1. The summed E-state index contributed by atoms with van der Waals surface area (Å²) in [5.74, 6) is 1.13. The van der Waals surface area contributed by atoms with Crippen LogP contribution in [0.15, 0.2) is 42.9 Å². The first-order valence-corrected chi connectivity index (χ1v) is 9.85. The van der Waals surface area contributed by atoms with E-state index in [0.29, 0.717) is 18.0 Å². The van der Waals surface area contributed by atoms with E-state index in [4.69, 9.17) is 5.26 Å². The zero-order valence-electron chi connectivity index (χ0n) is 16.3. The molecule has 3 aromatic rings. The summed E-state index contributed by atoms with van der Waals surface area (Å²) in [4.78, 5) is 28.7. The molecule has 0 unspecified atom stereocenters. The van der Waals surface area contributed by atoms with Gasteiger partial charge in [-0.05, 0) is 36.6 Å². The minimum atomic E-state index is 0.168. The van der Waals surface area contributed by atoms with E-state index in [9.17, 15) is 4.79 Å². The second kappa shape index (κ2) is 6.59. The van der Waals surface area contributed by atoms with Crippen molar-refractivity contribution in [2.75, 3.05) is 25.0 Å². The molecule has 0 radical (unpaired) electrons. The van der Waals surface area contributed by atoms with Crippen LogP contribution >= 0.6 is 0 Å². The van der Waals surface area contributed by atoms with Crippen molar-refractivity contribution in [3.05, 3.63) is 54.0 Å². The van der Waals surface area contributed by atoms with Crippen molar-refractivity contribution in [2.24, 2.45) is 5.41 Å². The van der Waals surface area contributed by atoms with Gasteiger partial charge in [0, 0.05) is 37.8 Å². The molecule has 29 heavy (non-hydrogen) atoms. The van der Waals surface area contributed by atoms with Gasteiger partial charge in [-0.2, -0.15) is 5.26 Å². The predicted octanol–water partition coefficient (Wildman–Crippen LogP) is 2.50. The molecular weight excluding hydrogens is 364 g/mol. The number of carbonyl (C=O) groups excluding carboxylic acids is 1. The van der Waals surface area contributed by atoms with Crippen LogP contribution in [-0.2, 0) is 11.2 Å². The Hall–Kier alpha value is -3.40. The average molecular weight is 386 g/mol. The van der Waals surface area contributed by atoms with Gasteiger partial charge in [-0.1, -0.05) is 12.1 Å². The second-order valence-electron chi connectivity index (χ2n) is 8.35. The van der Waals surface area contributed by atoms with Gasteiger partial charge in [0.1, 0.15) is 17.8 Å². The lowest BCUT2D eigenvalue weighted by molar-refractivity contribution is -0.150. The molecule has 1 amide bonds. The van der Waals surface area contributed by atoms with E-state index < -0.39 is 0 Å². The Morgan fingerprint density at radius 1 is 1.28 bits per heavy atom. The summed E-state index contributed by atoms with van der Waals surface area (Å²) in [7, 11) is 2.10. The number of aromatic amines is 1. The van der Waals surface area contributed by atoms with Crippen LogP contribution in [0, 0.1) is 16.7 Å². The summed E-state index contributed by atoms with van der Waals surface area (Å²) in [5.41, 5.74) is 2.71. The summed E-state index contributed by atoms with van der Waals surface area (Å²) < 4.78 is 0. The molecule has 146 valence electrons. The molecule has 5 rings (SSSR count). The normalized spacial score (nSPS) is 17.6. The Balaban J connectivity index is 1.16. The highest BCUT2D eigenvalue weighted by Gasteiger charge is 2.54. The molecular formula is C22H22N6O. The molecule has 1 aliphatic heterocycles. The van der Waals surface area contributed by atoms with E-state index in [2.05, 4.69) is 33.0 Å². The Morgan fingerprint density at radius 3 is 2.76 bits per heavy atom. The molecule has 0 bridgehead atoms. The largest absolute Gasteiger partial charge is 0.356 e. The number of nitrogens with one attached hydrogen (secondary N) is 1. The maximum absolute atomic E-state index is 12.6. The molecule has 2 aromatic heterocycles. The minimum absolute atomic E-state index is 0.168. The number of nitrogens with zero attached hydrogens (tertiary/aromatic N) is 5. The van der Waals surface area contributed by atoms with Crippen LogP contribution in [0.5, 0.6) is 0 Å². The van der Waals surface area contributed by atoms with E-state index in [-0.39, 0.29) is 11.3 Å². The number of hydrogen-bond donors (Lipinski definition) is 1. The van der Waals surface area contributed by atoms with Crippen LogP contribution in [0.4, 0.5) is 5.82 Å². The molecule has 2 aliphatic rings. The third-order valence-electron chi connectivity index (χ3n) is 6.40. The van der Waals surface area contributed by atoms with Crippen LogP contribution in [0.1, 0.15) is 24.0 Å². The monoisotopic (exact) mass is 386 g/mol. The molecule has 2 fully saturated rings. The van der Waals surface area contributed by atoms with E-state index in [1.165, 1.54) is 0 Å². The lowest BCUT2D eigenvalue weighted by Gasteiger charge is -2.60. The standard InChI is InChI=1S/C22H22N6O/c1-27(21-18-6-7-24-20(18)25-14-26-21)17-9-22(10-17)12-28(13-22)19(29)8-15-2-4-16(11-23)5-3-15/h2-7,14,17H,8-10,12-13H2,1H3,(H,24,25,26). The smallest absolute Gasteiger partial charge is 0.227 e. The van der Waals surface area contributed by atoms with E-state index in [1.54, 1.807) is 18.5 Å². The molecule has 7 nitrogen and oxygen atoms in total. The fraction of sp³-hybridized carbons (Fsp3) is 0.364. The van der Waals surface area contributed by atoms with E-state index in [0.717, 1.165) is 48.3 Å². The van der Waals surface area contributed by atoms with Crippen molar-refractivity contribution in [1.29, 1.82) is 5.26 Å². The van der Waals surface area contributed by atoms with Gasteiger partial charge in [0.2, 0.25) is 5.91 Å². The lowest BCUT2D eigenvalue weighted by atomic mass is 9.60. The molecule has 1 aromatic carbocycles. The molecule has 3 heterocycles. The van der Waals surface area contributed by atoms with Gasteiger partial charge in [0.25, 0.3) is 0 Å². The average Bonchev–Trinajstić information content (AvgIpc) is 3.15. The van der Waals surface area contributed by atoms with Gasteiger partial charge in [0.15, 0.2) is 0 Å². The molecule has 0 atom stereocenters. The molecule has 1 saturated heterocycles. The molecule has 1 spiro atoms.